The lowest BCUT2D eigenvalue weighted by molar-refractivity contribution is -0.116. The average Bonchev–Trinajstić information content (AvgIpc) is 2.56. The molecule has 3 nitrogen and oxygen atoms in total. The first-order valence-electron chi connectivity index (χ1n) is 8.25. The molecule has 2 rings (SSSR count). The fraction of sp³-hybridized carbons (Fsp3) is 0.350. The minimum absolute atomic E-state index is 0.0471. The summed E-state index contributed by atoms with van der Waals surface area (Å²) in [7, 11) is 0. The predicted molar refractivity (Wildman–Crippen MR) is 96.6 cm³/mol. The van der Waals surface area contributed by atoms with Gasteiger partial charge in [0, 0.05) is 24.7 Å². The van der Waals surface area contributed by atoms with Crippen LogP contribution in [-0.2, 0) is 4.79 Å². The highest BCUT2D eigenvalue weighted by Gasteiger charge is 2.10. The van der Waals surface area contributed by atoms with Crippen molar-refractivity contribution >= 4 is 11.6 Å². The highest BCUT2D eigenvalue weighted by atomic mass is 16.1. The lowest BCUT2D eigenvalue weighted by atomic mass is 10.0. The molecular weight excluding hydrogens is 284 g/mol. The number of para-hydroxylation sites is 1. The van der Waals surface area contributed by atoms with Gasteiger partial charge in [0.15, 0.2) is 0 Å². The Morgan fingerprint density at radius 1 is 0.957 bits per heavy atom. The van der Waals surface area contributed by atoms with Gasteiger partial charge in [-0.05, 0) is 30.0 Å². The molecule has 0 heterocycles. The van der Waals surface area contributed by atoms with E-state index in [1.54, 1.807) is 0 Å². The summed E-state index contributed by atoms with van der Waals surface area (Å²) in [6, 6.07) is 18.5. The van der Waals surface area contributed by atoms with Crippen LogP contribution in [-0.4, -0.2) is 12.5 Å². The van der Waals surface area contributed by atoms with E-state index in [-0.39, 0.29) is 11.9 Å². The van der Waals surface area contributed by atoms with E-state index in [4.69, 9.17) is 0 Å². The van der Waals surface area contributed by atoms with Crippen molar-refractivity contribution in [1.29, 1.82) is 0 Å². The molecular formula is C20H26N2O. The van der Waals surface area contributed by atoms with Crippen molar-refractivity contribution in [2.45, 2.75) is 39.2 Å². The van der Waals surface area contributed by atoms with Gasteiger partial charge in [-0.2, -0.15) is 0 Å². The molecule has 2 aromatic carbocycles. The van der Waals surface area contributed by atoms with Crippen LogP contribution in [0, 0.1) is 0 Å². The highest BCUT2D eigenvalue weighted by molar-refractivity contribution is 5.91. The molecule has 1 amide bonds. The summed E-state index contributed by atoms with van der Waals surface area (Å²) < 4.78 is 0. The normalized spacial score (nSPS) is 12.2. The molecule has 0 bridgehead atoms. The van der Waals surface area contributed by atoms with E-state index in [1.165, 1.54) is 11.1 Å². The van der Waals surface area contributed by atoms with Crippen molar-refractivity contribution in [3.8, 4) is 0 Å². The molecule has 3 heteroatoms. The van der Waals surface area contributed by atoms with Crippen LogP contribution in [0.25, 0.3) is 0 Å². The van der Waals surface area contributed by atoms with E-state index in [2.05, 4.69) is 49.6 Å². The molecule has 1 unspecified atom stereocenters. The third kappa shape index (κ3) is 5.22. The smallest absolute Gasteiger partial charge is 0.225 e. The first kappa shape index (κ1) is 17.2. The fourth-order valence-electron chi connectivity index (χ4n) is 2.59. The predicted octanol–water partition coefficient (Wildman–Crippen LogP) is 4.49. The number of nitrogens with one attached hydrogen (secondary N) is 2. The summed E-state index contributed by atoms with van der Waals surface area (Å²) in [5.41, 5.74) is 3.33. The molecule has 1 atom stereocenters. The van der Waals surface area contributed by atoms with Gasteiger partial charge in [0.05, 0.1) is 0 Å². The lowest BCUT2D eigenvalue weighted by Gasteiger charge is -2.15. The van der Waals surface area contributed by atoms with Gasteiger partial charge in [-0.3, -0.25) is 4.79 Å². The van der Waals surface area contributed by atoms with Gasteiger partial charge in [0.1, 0.15) is 0 Å². The zero-order chi connectivity index (χ0) is 16.7. The SMILES string of the molecule is CC(C)c1ccccc1NC(=O)CCNC(C)c1ccccc1. The molecule has 23 heavy (non-hydrogen) atoms. The number of hydrogen-bond acceptors (Lipinski definition) is 2. The maximum Gasteiger partial charge on any atom is 0.225 e. The topological polar surface area (TPSA) is 41.1 Å². The first-order chi connectivity index (χ1) is 11.1. The second kappa shape index (κ2) is 8.49. The molecule has 2 aromatic rings. The van der Waals surface area contributed by atoms with Gasteiger partial charge in [0.25, 0.3) is 0 Å². The maximum absolute atomic E-state index is 12.2. The molecule has 122 valence electrons. The van der Waals surface area contributed by atoms with Gasteiger partial charge in [-0.1, -0.05) is 62.4 Å². The van der Waals surface area contributed by atoms with Crippen molar-refractivity contribution in [2.24, 2.45) is 0 Å². The van der Waals surface area contributed by atoms with Gasteiger partial charge >= 0.3 is 0 Å². The quantitative estimate of drug-likeness (QED) is 0.791. The minimum atomic E-state index is 0.0471. The molecule has 0 aliphatic carbocycles. The molecule has 0 aliphatic heterocycles. The Morgan fingerprint density at radius 2 is 1.61 bits per heavy atom. The average molecular weight is 310 g/mol. The van der Waals surface area contributed by atoms with Crippen molar-refractivity contribution < 1.29 is 4.79 Å². The van der Waals surface area contributed by atoms with Crippen LogP contribution in [0.1, 0.15) is 50.3 Å². The molecule has 0 saturated heterocycles. The van der Waals surface area contributed by atoms with Crippen LogP contribution < -0.4 is 10.6 Å². The molecule has 2 N–H and O–H groups in total. The summed E-state index contributed by atoms with van der Waals surface area (Å²) >= 11 is 0. The Bertz CT molecular complexity index is 623. The van der Waals surface area contributed by atoms with Gasteiger partial charge < -0.3 is 10.6 Å². The molecule has 0 radical (unpaired) electrons. The molecule has 0 aromatic heterocycles. The Kier molecular flexibility index (Phi) is 6.36. The number of hydrogen-bond donors (Lipinski definition) is 2. The first-order valence-corrected chi connectivity index (χ1v) is 8.25. The van der Waals surface area contributed by atoms with Crippen LogP contribution in [0.4, 0.5) is 5.69 Å². The zero-order valence-electron chi connectivity index (χ0n) is 14.2. The highest BCUT2D eigenvalue weighted by Crippen LogP contribution is 2.23. The minimum Gasteiger partial charge on any atom is -0.326 e. The Labute approximate surface area is 139 Å². The number of carbonyl (C=O) groups excluding carboxylic acids is 1. The summed E-state index contributed by atoms with van der Waals surface area (Å²) in [6.07, 6.45) is 0.462. The van der Waals surface area contributed by atoms with Crippen LogP contribution in [0.5, 0.6) is 0 Å². The molecule has 0 fully saturated rings. The van der Waals surface area contributed by atoms with E-state index in [9.17, 15) is 4.79 Å². The van der Waals surface area contributed by atoms with Crippen LogP contribution >= 0.6 is 0 Å². The van der Waals surface area contributed by atoms with Crippen molar-refractivity contribution in [3.05, 3.63) is 65.7 Å². The Hall–Kier alpha value is -2.13. The summed E-state index contributed by atoms with van der Waals surface area (Å²) in [5, 5.41) is 6.42. The third-order valence-electron chi connectivity index (χ3n) is 3.96. The molecule has 0 saturated carbocycles. The van der Waals surface area contributed by atoms with Crippen LogP contribution in [0.3, 0.4) is 0 Å². The van der Waals surface area contributed by atoms with E-state index in [1.807, 2.05) is 36.4 Å². The number of anilines is 1. The summed E-state index contributed by atoms with van der Waals surface area (Å²) in [4.78, 5) is 12.2. The second-order valence-electron chi connectivity index (χ2n) is 6.13. The summed E-state index contributed by atoms with van der Waals surface area (Å²) in [5.74, 6) is 0.439. The lowest BCUT2D eigenvalue weighted by Crippen LogP contribution is -2.24. The van der Waals surface area contributed by atoms with Crippen molar-refractivity contribution in [2.75, 3.05) is 11.9 Å². The van der Waals surface area contributed by atoms with Gasteiger partial charge in [-0.15, -0.1) is 0 Å². The van der Waals surface area contributed by atoms with Gasteiger partial charge in [0.2, 0.25) is 5.91 Å². The maximum atomic E-state index is 12.2. The number of amides is 1. The number of benzene rings is 2. The molecule has 0 spiro atoms. The van der Waals surface area contributed by atoms with E-state index < -0.39 is 0 Å². The monoisotopic (exact) mass is 310 g/mol. The zero-order valence-corrected chi connectivity index (χ0v) is 14.2. The van der Waals surface area contributed by atoms with E-state index in [0.717, 1.165) is 5.69 Å². The Balaban J connectivity index is 1.82. The van der Waals surface area contributed by atoms with Crippen LogP contribution in [0.15, 0.2) is 54.6 Å². The van der Waals surface area contributed by atoms with E-state index in [0.29, 0.717) is 18.9 Å². The molecule has 0 aliphatic rings. The van der Waals surface area contributed by atoms with Crippen molar-refractivity contribution in [3.63, 3.8) is 0 Å². The van der Waals surface area contributed by atoms with E-state index >= 15 is 0 Å². The van der Waals surface area contributed by atoms with Crippen LogP contribution in [0.2, 0.25) is 0 Å². The second-order valence-corrected chi connectivity index (χ2v) is 6.13. The third-order valence-corrected chi connectivity index (χ3v) is 3.96. The largest absolute Gasteiger partial charge is 0.326 e. The fourth-order valence-corrected chi connectivity index (χ4v) is 2.59. The van der Waals surface area contributed by atoms with Crippen molar-refractivity contribution in [1.82, 2.24) is 5.32 Å². The number of rotatable bonds is 7. The summed E-state index contributed by atoms with van der Waals surface area (Å²) in [6.45, 7) is 7.04. The van der Waals surface area contributed by atoms with Gasteiger partial charge in [-0.25, -0.2) is 0 Å². The Morgan fingerprint density at radius 3 is 2.30 bits per heavy atom. The standard InChI is InChI=1S/C20H26N2O/c1-15(2)18-11-7-8-12-19(18)22-20(23)13-14-21-16(3)17-9-5-4-6-10-17/h4-12,15-16,21H,13-14H2,1-3H3,(H,22,23). The number of carbonyl (C=O) groups is 1.